The molecule has 0 unspecified atom stereocenters. The van der Waals surface area contributed by atoms with Crippen molar-refractivity contribution >= 4 is 0 Å². The van der Waals surface area contributed by atoms with Gasteiger partial charge in [-0.1, -0.05) is 206 Å². The van der Waals surface area contributed by atoms with Crippen molar-refractivity contribution in [2.45, 2.75) is 5.41 Å². The summed E-state index contributed by atoms with van der Waals surface area (Å²) >= 11 is 0. The van der Waals surface area contributed by atoms with Crippen molar-refractivity contribution < 1.29 is 4.74 Å². The summed E-state index contributed by atoms with van der Waals surface area (Å²) in [6, 6.07) is 82.1. The maximum atomic E-state index is 6.70. The summed E-state index contributed by atoms with van der Waals surface area (Å²) in [7, 11) is 0. The lowest BCUT2D eigenvalue weighted by atomic mass is 9.66. The Balaban J connectivity index is 0.968. The van der Waals surface area contributed by atoms with Crippen LogP contribution in [0.25, 0.3) is 90.3 Å². The highest BCUT2D eigenvalue weighted by Gasteiger charge is 2.51. The molecule has 1 aliphatic heterocycles. The van der Waals surface area contributed by atoms with Gasteiger partial charge < -0.3 is 4.74 Å². The molecule has 9 aromatic carbocycles. The molecule has 6 nitrogen and oxygen atoms in total. The number of ether oxygens (including phenoxy) is 1. The molecule has 0 fully saturated rings. The fourth-order valence-corrected chi connectivity index (χ4v) is 10.1. The van der Waals surface area contributed by atoms with Gasteiger partial charge in [0.1, 0.15) is 11.5 Å². The number of hydrogen-bond donors (Lipinski definition) is 0. The predicted molar refractivity (Wildman–Crippen MR) is 271 cm³/mol. The fourth-order valence-electron chi connectivity index (χ4n) is 10.1. The van der Waals surface area contributed by atoms with Gasteiger partial charge in [0.05, 0.1) is 16.8 Å². The molecule has 0 saturated carbocycles. The molecule has 11 aromatic rings. The first kappa shape index (κ1) is 39.3. The molecule has 2 aliphatic rings. The summed E-state index contributed by atoms with van der Waals surface area (Å²) in [6.45, 7) is 0. The van der Waals surface area contributed by atoms with Gasteiger partial charge in [-0.15, -0.1) is 0 Å². The van der Waals surface area contributed by atoms with Crippen LogP contribution in [0.2, 0.25) is 0 Å². The molecule has 0 amide bonds. The van der Waals surface area contributed by atoms with Crippen molar-refractivity contribution in [2.75, 3.05) is 0 Å². The number of nitrogens with zero attached hydrogens (tertiary/aromatic N) is 5. The van der Waals surface area contributed by atoms with Crippen LogP contribution in [-0.4, -0.2) is 24.9 Å². The van der Waals surface area contributed by atoms with Crippen LogP contribution >= 0.6 is 0 Å². The van der Waals surface area contributed by atoms with Crippen molar-refractivity contribution in [1.29, 1.82) is 0 Å². The number of rotatable bonds is 7. The molecule has 0 radical (unpaired) electrons. The Morgan fingerprint density at radius 1 is 0.250 bits per heavy atom. The van der Waals surface area contributed by atoms with Gasteiger partial charge in [0.25, 0.3) is 0 Å². The van der Waals surface area contributed by atoms with Gasteiger partial charge in [-0.25, -0.2) is 24.9 Å². The molecule has 6 heteroatoms. The SMILES string of the molecule is c1ccc(-c2cc(-c3ccccc3)nc(-c3ccc(-c4ccc5c(c4)C4(c6ccccc6Oc6ccccc64)c4ccc(-c6nc(-c7ccccc7)nc(-c7ccccc7)n6)cc4-5)cc3)n2)cc1. The van der Waals surface area contributed by atoms with Gasteiger partial charge >= 0.3 is 0 Å². The van der Waals surface area contributed by atoms with E-state index >= 15 is 0 Å². The smallest absolute Gasteiger partial charge is 0.164 e. The highest BCUT2D eigenvalue weighted by atomic mass is 16.5. The van der Waals surface area contributed by atoms with E-state index in [4.69, 9.17) is 29.7 Å². The first-order valence-corrected chi connectivity index (χ1v) is 22.8. The van der Waals surface area contributed by atoms with Crippen molar-refractivity contribution in [3.63, 3.8) is 0 Å². The minimum atomic E-state index is -0.673. The second kappa shape index (κ2) is 16.1. The quantitative estimate of drug-likeness (QED) is 0.159. The third-order valence-electron chi connectivity index (χ3n) is 13.2. The van der Waals surface area contributed by atoms with Crippen LogP contribution < -0.4 is 4.74 Å². The molecular weight excluding hydrogens is 831 g/mol. The van der Waals surface area contributed by atoms with Crippen LogP contribution in [0, 0.1) is 0 Å². The summed E-state index contributed by atoms with van der Waals surface area (Å²) in [4.78, 5) is 25.4. The summed E-state index contributed by atoms with van der Waals surface area (Å²) in [6.07, 6.45) is 0. The molecule has 3 heterocycles. The number of benzene rings is 9. The normalized spacial score (nSPS) is 12.6. The average Bonchev–Trinajstić information content (AvgIpc) is 3.70. The minimum Gasteiger partial charge on any atom is -0.457 e. The van der Waals surface area contributed by atoms with Crippen LogP contribution in [0.1, 0.15) is 22.3 Å². The number of fused-ring (bicyclic) bond motifs is 9. The Morgan fingerprint density at radius 3 is 1.21 bits per heavy atom. The Kier molecular flexibility index (Phi) is 9.29. The fraction of sp³-hybridized carbons (Fsp3) is 0.0161. The van der Waals surface area contributed by atoms with Crippen LogP contribution in [0.3, 0.4) is 0 Å². The molecule has 2 aromatic heterocycles. The number of hydrogen-bond acceptors (Lipinski definition) is 6. The largest absolute Gasteiger partial charge is 0.457 e. The van der Waals surface area contributed by atoms with Crippen LogP contribution in [-0.2, 0) is 5.41 Å². The lowest BCUT2D eigenvalue weighted by molar-refractivity contribution is 0.436. The van der Waals surface area contributed by atoms with Gasteiger partial charge in [-0.2, -0.15) is 0 Å². The zero-order chi connectivity index (χ0) is 45.0. The van der Waals surface area contributed by atoms with Crippen LogP contribution in [0.15, 0.2) is 237 Å². The minimum absolute atomic E-state index is 0.613. The zero-order valence-corrected chi connectivity index (χ0v) is 36.7. The molecule has 0 saturated heterocycles. The first-order chi connectivity index (χ1) is 33.7. The molecule has 0 atom stereocenters. The summed E-state index contributed by atoms with van der Waals surface area (Å²) in [5.74, 6) is 4.23. The van der Waals surface area contributed by atoms with Gasteiger partial charge in [-0.3, -0.25) is 0 Å². The maximum Gasteiger partial charge on any atom is 0.164 e. The molecule has 1 spiro atoms. The van der Waals surface area contributed by atoms with Crippen LogP contribution in [0.4, 0.5) is 0 Å². The second-order valence-electron chi connectivity index (χ2n) is 17.2. The van der Waals surface area contributed by atoms with Gasteiger partial charge in [0.2, 0.25) is 0 Å². The summed E-state index contributed by atoms with van der Waals surface area (Å²) in [5, 5.41) is 0. The van der Waals surface area contributed by atoms with E-state index in [-0.39, 0.29) is 0 Å². The van der Waals surface area contributed by atoms with E-state index in [1.807, 2.05) is 97.1 Å². The van der Waals surface area contributed by atoms with E-state index in [1.54, 1.807) is 0 Å². The number of para-hydroxylation sites is 2. The molecule has 0 bridgehead atoms. The Bertz CT molecular complexity index is 3530. The standard InChI is InChI=1S/C62H39N5O/c1-5-17-41(18-6-1)54-39-55(42-19-7-2-8-20-42)64-58(63-54)45-31-29-40(30-32-45)46-33-35-48-49-37-47(61-66-59(43-21-9-3-10-22-43)65-60(67-61)44-23-11-4-12-24-44)34-36-50(49)62(53(48)38-46)51-25-13-15-27-56(51)68-57-28-16-14-26-52(57)62/h1-39H. The van der Waals surface area contributed by atoms with E-state index in [9.17, 15) is 0 Å². The van der Waals surface area contributed by atoms with Crippen LogP contribution in [0.5, 0.6) is 11.5 Å². The monoisotopic (exact) mass is 869 g/mol. The highest BCUT2D eigenvalue weighted by molar-refractivity contribution is 5.92. The van der Waals surface area contributed by atoms with E-state index in [0.717, 1.165) is 89.6 Å². The van der Waals surface area contributed by atoms with Crippen molar-refractivity contribution in [3.8, 4) is 102 Å². The van der Waals surface area contributed by atoms with Gasteiger partial charge in [0, 0.05) is 44.5 Å². The van der Waals surface area contributed by atoms with E-state index < -0.39 is 5.41 Å². The van der Waals surface area contributed by atoms with Crippen molar-refractivity contribution in [3.05, 3.63) is 259 Å². The Labute approximate surface area is 394 Å². The van der Waals surface area contributed by atoms with E-state index in [0.29, 0.717) is 23.3 Å². The second-order valence-corrected chi connectivity index (χ2v) is 17.2. The zero-order valence-electron chi connectivity index (χ0n) is 36.7. The molecule has 1 aliphatic carbocycles. The molecular formula is C62H39N5O. The van der Waals surface area contributed by atoms with Gasteiger partial charge in [-0.05, 0) is 63.7 Å². The average molecular weight is 870 g/mol. The number of aromatic nitrogens is 5. The molecule has 68 heavy (non-hydrogen) atoms. The molecule has 0 N–H and O–H groups in total. The lowest BCUT2D eigenvalue weighted by Gasteiger charge is -2.39. The van der Waals surface area contributed by atoms with E-state index in [1.165, 1.54) is 11.1 Å². The summed E-state index contributed by atoms with van der Waals surface area (Å²) < 4.78 is 6.70. The predicted octanol–water partition coefficient (Wildman–Crippen LogP) is 14.8. The first-order valence-electron chi connectivity index (χ1n) is 22.8. The Morgan fingerprint density at radius 2 is 0.662 bits per heavy atom. The molecule has 13 rings (SSSR count). The van der Waals surface area contributed by atoms with E-state index in [2.05, 4.69) is 140 Å². The van der Waals surface area contributed by atoms with Crippen molar-refractivity contribution in [1.82, 2.24) is 24.9 Å². The third-order valence-corrected chi connectivity index (χ3v) is 13.2. The Hall–Kier alpha value is -9.13. The topological polar surface area (TPSA) is 73.7 Å². The molecule has 318 valence electrons. The highest BCUT2D eigenvalue weighted by Crippen LogP contribution is 2.62. The van der Waals surface area contributed by atoms with Gasteiger partial charge in [0.15, 0.2) is 23.3 Å². The third kappa shape index (κ3) is 6.53. The van der Waals surface area contributed by atoms with Crippen molar-refractivity contribution in [2.24, 2.45) is 0 Å². The summed E-state index contributed by atoms with van der Waals surface area (Å²) in [5.41, 5.74) is 15.9. The lowest BCUT2D eigenvalue weighted by Crippen LogP contribution is -2.32. The maximum absolute atomic E-state index is 6.70.